The molecular formula is C23H33N5OS. The lowest BCUT2D eigenvalue weighted by molar-refractivity contribution is -0.134. The molecule has 2 saturated heterocycles. The summed E-state index contributed by atoms with van der Waals surface area (Å²) in [5.74, 6) is 1.19. The average molecular weight is 428 g/mol. The molecule has 3 heterocycles. The van der Waals surface area contributed by atoms with E-state index >= 15 is 0 Å². The number of piperidine rings is 1. The molecule has 2 atom stereocenters. The second-order valence-corrected chi connectivity index (χ2v) is 9.71. The molecule has 162 valence electrons. The first-order chi connectivity index (χ1) is 14.7. The van der Waals surface area contributed by atoms with Gasteiger partial charge in [-0.1, -0.05) is 36.9 Å². The minimum Gasteiger partial charge on any atom is -0.339 e. The Bertz CT molecular complexity index is 833. The lowest BCUT2D eigenvalue weighted by atomic mass is 10.00. The van der Waals surface area contributed by atoms with Crippen LogP contribution in [0.25, 0.3) is 5.69 Å². The Morgan fingerprint density at radius 2 is 1.83 bits per heavy atom. The molecule has 0 bridgehead atoms. The zero-order valence-corrected chi connectivity index (χ0v) is 19.0. The predicted octanol–water partition coefficient (Wildman–Crippen LogP) is 4.13. The van der Waals surface area contributed by atoms with Crippen molar-refractivity contribution < 1.29 is 4.79 Å². The molecule has 1 amide bonds. The van der Waals surface area contributed by atoms with Crippen LogP contribution in [0.2, 0.25) is 0 Å². The monoisotopic (exact) mass is 427 g/mol. The quantitative estimate of drug-likeness (QED) is 0.622. The van der Waals surface area contributed by atoms with E-state index in [1.807, 2.05) is 25.1 Å². The fraction of sp³-hybridized carbons (Fsp3) is 0.609. The highest BCUT2D eigenvalue weighted by Gasteiger charge is 2.30. The molecule has 30 heavy (non-hydrogen) atoms. The topological polar surface area (TPSA) is 54.3 Å². The van der Waals surface area contributed by atoms with Crippen LogP contribution in [0.1, 0.15) is 58.2 Å². The van der Waals surface area contributed by atoms with Crippen molar-refractivity contribution in [2.24, 2.45) is 0 Å². The highest BCUT2D eigenvalue weighted by molar-refractivity contribution is 8.00. The van der Waals surface area contributed by atoms with Crippen molar-refractivity contribution in [2.45, 2.75) is 75.4 Å². The van der Waals surface area contributed by atoms with Gasteiger partial charge in [0.2, 0.25) is 5.91 Å². The summed E-state index contributed by atoms with van der Waals surface area (Å²) in [4.78, 5) is 17.8. The largest absolute Gasteiger partial charge is 0.339 e. The van der Waals surface area contributed by atoms with E-state index < -0.39 is 0 Å². The van der Waals surface area contributed by atoms with E-state index in [0.717, 1.165) is 62.1 Å². The van der Waals surface area contributed by atoms with Gasteiger partial charge < -0.3 is 4.90 Å². The number of benzene rings is 1. The van der Waals surface area contributed by atoms with Crippen molar-refractivity contribution in [1.82, 2.24) is 24.6 Å². The van der Waals surface area contributed by atoms with Crippen LogP contribution in [0, 0.1) is 0 Å². The van der Waals surface area contributed by atoms with Gasteiger partial charge in [0.15, 0.2) is 11.0 Å². The number of amides is 1. The molecule has 2 aliphatic heterocycles. The molecule has 4 rings (SSSR count). The normalized spacial score (nSPS) is 21.1. The summed E-state index contributed by atoms with van der Waals surface area (Å²) in [5.41, 5.74) is 1.06. The molecule has 2 fully saturated rings. The number of hydrogen-bond donors (Lipinski definition) is 0. The summed E-state index contributed by atoms with van der Waals surface area (Å²) in [7, 11) is 0. The van der Waals surface area contributed by atoms with Crippen LogP contribution in [-0.4, -0.2) is 61.4 Å². The van der Waals surface area contributed by atoms with Crippen molar-refractivity contribution >= 4 is 17.7 Å². The number of likely N-dealkylation sites (tertiary alicyclic amines) is 2. The Labute approximate surface area is 184 Å². The summed E-state index contributed by atoms with van der Waals surface area (Å²) >= 11 is 1.54. The molecule has 6 nitrogen and oxygen atoms in total. The maximum absolute atomic E-state index is 13.2. The number of para-hydroxylation sites is 1. The minimum atomic E-state index is -0.177. The van der Waals surface area contributed by atoms with Crippen LogP contribution in [0.4, 0.5) is 0 Å². The average Bonchev–Trinajstić information content (AvgIpc) is 3.44. The SMILES string of the molecule is CCC1CCCCN1C(=O)C(C)Sc1nnc(CN2CCCC2)n1-c1ccccc1. The van der Waals surface area contributed by atoms with E-state index in [-0.39, 0.29) is 11.2 Å². The van der Waals surface area contributed by atoms with Gasteiger partial charge in [-0.3, -0.25) is 14.3 Å². The molecule has 0 radical (unpaired) electrons. The summed E-state index contributed by atoms with van der Waals surface area (Å²) in [6, 6.07) is 10.7. The van der Waals surface area contributed by atoms with Crippen molar-refractivity contribution in [3.8, 4) is 5.69 Å². The summed E-state index contributed by atoms with van der Waals surface area (Å²) < 4.78 is 2.14. The van der Waals surface area contributed by atoms with E-state index in [4.69, 9.17) is 0 Å². The van der Waals surface area contributed by atoms with Gasteiger partial charge in [-0.15, -0.1) is 10.2 Å². The summed E-state index contributed by atoms with van der Waals surface area (Å²) in [5, 5.41) is 9.69. The maximum atomic E-state index is 13.2. The highest BCUT2D eigenvalue weighted by Crippen LogP contribution is 2.29. The summed E-state index contributed by atoms with van der Waals surface area (Å²) in [6.45, 7) is 8.12. The maximum Gasteiger partial charge on any atom is 0.236 e. The second kappa shape index (κ2) is 9.96. The van der Waals surface area contributed by atoms with E-state index in [1.165, 1.54) is 31.0 Å². The van der Waals surface area contributed by atoms with Gasteiger partial charge in [0.1, 0.15) is 0 Å². The Morgan fingerprint density at radius 1 is 1.10 bits per heavy atom. The molecule has 2 aliphatic rings. The zero-order valence-electron chi connectivity index (χ0n) is 18.2. The first-order valence-electron chi connectivity index (χ1n) is 11.4. The molecule has 0 N–H and O–H groups in total. The third kappa shape index (κ3) is 4.72. The van der Waals surface area contributed by atoms with Crippen LogP contribution < -0.4 is 0 Å². The van der Waals surface area contributed by atoms with Crippen molar-refractivity contribution in [3.05, 3.63) is 36.2 Å². The van der Waals surface area contributed by atoms with Gasteiger partial charge >= 0.3 is 0 Å². The Morgan fingerprint density at radius 3 is 2.57 bits per heavy atom. The molecule has 0 saturated carbocycles. The lowest BCUT2D eigenvalue weighted by Gasteiger charge is -2.36. The van der Waals surface area contributed by atoms with Crippen LogP contribution in [0.3, 0.4) is 0 Å². The van der Waals surface area contributed by atoms with E-state index in [9.17, 15) is 4.79 Å². The highest BCUT2D eigenvalue weighted by atomic mass is 32.2. The van der Waals surface area contributed by atoms with Crippen molar-refractivity contribution in [1.29, 1.82) is 0 Å². The van der Waals surface area contributed by atoms with Gasteiger partial charge in [-0.25, -0.2) is 0 Å². The first-order valence-corrected chi connectivity index (χ1v) is 12.2. The first kappa shape index (κ1) is 21.4. The molecule has 7 heteroatoms. The number of hydrogen-bond acceptors (Lipinski definition) is 5. The Hall–Kier alpha value is -1.86. The molecule has 0 aliphatic carbocycles. The number of thioether (sulfide) groups is 1. The van der Waals surface area contributed by atoms with Gasteiger partial charge in [0.05, 0.1) is 11.8 Å². The van der Waals surface area contributed by atoms with Gasteiger partial charge in [-0.2, -0.15) is 0 Å². The van der Waals surface area contributed by atoms with Crippen LogP contribution in [0.5, 0.6) is 0 Å². The van der Waals surface area contributed by atoms with Crippen LogP contribution in [0.15, 0.2) is 35.5 Å². The van der Waals surface area contributed by atoms with Crippen molar-refractivity contribution in [2.75, 3.05) is 19.6 Å². The fourth-order valence-corrected chi connectivity index (χ4v) is 5.57. The standard InChI is InChI=1S/C23H33N5OS/c1-3-19-11-7-8-16-27(19)22(29)18(2)30-23-25-24-21(17-26-14-9-10-15-26)28(23)20-12-5-4-6-13-20/h4-6,12-13,18-19H,3,7-11,14-17H2,1-2H3. The zero-order chi connectivity index (χ0) is 20.9. The second-order valence-electron chi connectivity index (χ2n) is 8.40. The van der Waals surface area contributed by atoms with Crippen molar-refractivity contribution in [3.63, 3.8) is 0 Å². The molecular weight excluding hydrogens is 394 g/mol. The number of rotatable bonds is 7. The number of carbonyl (C=O) groups excluding carboxylic acids is 1. The molecule has 2 unspecified atom stereocenters. The Balaban J connectivity index is 1.55. The van der Waals surface area contributed by atoms with E-state index in [2.05, 4.69) is 43.6 Å². The summed E-state index contributed by atoms with van der Waals surface area (Å²) in [6.07, 6.45) is 7.00. The number of carbonyl (C=O) groups is 1. The fourth-order valence-electron chi connectivity index (χ4n) is 4.61. The van der Waals surface area contributed by atoms with E-state index in [0.29, 0.717) is 6.04 Å². The smallest absolute Gasteiger partial charge is 0.236 e. The third-order valence-electron chi connectivity index (χ3n) is 6.29. The minimum absolute atomic E-state index is 0.177. The molecule has 1 aromatic carbocycles. The predicted molar refractivity (Wildman–Crippen MR) is 121 cm³/mol. The lowest BCUT2D eigenvalue weighted by Crippen LogP contribution is -2.46. The van der Waals surface area contributed by atoms with Crippen LogP contribution >= 0.6 is 11.8 Å². The van der Waals surface area contributed by atoms with E-state index in [1.54, 1.807) is 0 Å². The third-order valence-corrected chi connectivity index (χ3v) is 7.32. The molecule has 0 spiro atoms. The molecule has 1 aromatic heterocycles. The van der Waals surface area contributed by atoms with Crippen LogP contribution in [-0.2, 0) is 11.3 Å². The van der Waals surface area contributed by atoms with Gasteiger partial charge in [0, 0.05) is 18.3 Å². The van der Waals surface area contributed by atoms with Gasteiger partial charge in [0.25, 0.3) is 0 Å². The molecule has 2 aromatic rings. The Kier molecular flexibility index (Phi) is 7.10. The number of aromatic nitrogens is 3. The number of nitrogens with zero attached hydrogens (tertiary/aromatic N) is 5. The van der Waals surface area contributed by atoms with Gasteiger partial charge in [-0.05, 0) is 70.7 Å².